The Morgan fingerprint density at radius 1 is 1.04 bits per heavy atom. The number of primary amides is 1. The minimum Gasteiger partial charge on any atom is -0.370 e. The summed E-state index contributed by atoms with van der Waals surface area (Å²) in [7, 11) is 2.07. The lowest BCUT2D eigenvalue weighted by atomic mass is 9.96. The van der Waals surface area contributed by atoms with E-state index in [1.165, 1.54) is 38.5 Å². The van der Waals surface area contributed by atoms with Gasteiger partial charge < -0.3 is 16.0 Å². The van der Waals surface area contributed by atoms with Gasteiger partial charge in [-0.25, -0.2) is 0 Å². The second kappa shape index (κ2) is 23.7. The van der Waals surface area contributed by atoms with Crippen molar-refractivity contribution in [3.05, 3.63) is 0 Å². The Morgan fingerprint density at radius 3 is 1.74 bits per heavy atom. The summed E-state index contributed by atoms with van der Waals surface area (Å²) in [6.07, 6.45) is 8.85. The van der Waals surface area contributed by atoms with Crippen molar-refractivity contribution in [2.75, 3.05) is 26.7 Å². The third kappa shape index (κ3) is 23.8. The molecule has 0 unspecified atom stereocenters. The molecule has 142 valence electrons. The van der Waals surface area contributed by atoms with Crippen LogP contribution in [0.4, 0.5) is 0 Å². The van der Waals surface area contributed by atoms with Crippen LogP contribution in [0.25, 0.3) is 0 Å². The summed E-state index contributed by atoms with van der Waals surface area (Å²) in [5.74, 6) is -0.216. The smallest absolute Gasteiger partial charge is 0.218 e. The summed E-state index contributed by atoms with van der Waals surface area (Å²) >= 11 is 0. The van der Waals surface area contributed by atoms with Crippen LogP contribution >= 0.6 is 0 Å². The number of hydrogen-bond acceptors (Lipinski definition) is 3. The molecule has 1 aliphatic carbocycles. The summed E-state index contributed by atoms with van der Waals surface area (Å²) in [6, 6.07) is 0.837. The van der Waals surface area contributed by atoms with E-state index in [4.69, 9.17) is 5.73 Å². The van der Waals surface area contributed by atoms with Gasteiger partial charge in [-0.2, -0.15) is 0 Å². The van der Waals surface area contributed by atoms with E-state index in [0.29, 0.717) is 6.42 Å². The summed E-state index contributed by atoms with van der Waals surface area (Å²) in [6.45, 7) is 15.2. The second-order valence-electron chi connectivity index (χ2n) is 5.57. The Morgan fingerprint density at radius 2 is 1.48 bits per heavy atom. The number of amides is 1. The van der Waals surface area contributed by atoms with Gasteiger partial charge in [-0.05, 0) is 33.0 Å². The van der Waals surface area contributed by atoms with E-state index in [9.17, 15) is 4.79 Å². The number of carbonyl (C=O) groups is 1. The molecule has 0 heterocycles. The van der Waals surface area contributed by atoms with E-state index < -0.39 is 0 Å². The number of carbonyl (C=O) groups excluding carboxylic acids is 1. The maximum absolute atomic E-state index is 10.3. The number of nitrogens with one attached hydrogen (secondary N) is 1. The van der Waals surface area contributed by atoms with E-state index in [1.54, 1.807) is 0 Å². The highest BCUT2D eigenvalue weighted by Crippen LogP contribution is 2.16. The van der Waals surface area contributed by atoms with Crippen molar-refractivity contribution < 1.29 is 4.79 Å². The third-order valence-corrected chi connectivity index (χ3v) is 3.58. The highest BCUT2D eigenvalue weighted by molar-refractivity contribution is 5.73. The monoisotopic (exact) mass is 331 g/mol. The van der Waals surface area contributed by atoms with Crippen molar-refractivity contribution in [1.29, 1.82) is 0 Å². The van der Waals surface area contributed by atoms with Gasteiger partial charge in [0.05, 0.1) is 0 Å². The Labute approximate surface area is 146 Å². The minimum atomic E-state index is -0.216. The molecule has 1 rings (SSSR count). The van der Waals surface area contributed by atoms with Crippen molar-refractivity contribution >= 4 is 5.91 Å². The van der Waals surface area contributed by atoms with Crippen LogP contribution in [0.5, 0.6) is 0 Å². The van der Waals surface area contributed by atoms with Crippen molar-refractivity contribution in [1.82, 2.24) is 10.2 Å². The van der Waals surface area contributed by atoms with Gasteiger partial charge in [-0.3, -0.25) is 4.79 Å². The molecule has 0 aromatic rings. The quantitative estimate of drug-likeness (QED) is 0.767. The molecule has 3 N–H and O–H groups in total. The van der Waals surface area contributed by atoms with Crippen molar-refractivity contribution in [2.24, 2.45) is 5.73 Å². The van der Waals surface area contributed by atoms with Gasteiger partial charge in [0, 0.05) is 19.0 Å². The fourth-order valence-electron chi connectivity index (χ4n) is 2.20. The maximum atomic E-state index is 10.3. The Kier molecular flexibility index (Phi) is 28.0. The zero-order valence-electron chi connectivity index (χ0n) is 17.1. The molecule has 0 spiro atoms. The molecular formula is C19H45N3O. The summed E-state index contributed by atoms with van der Waals surface area (Å²) in [4.78, 5) is 12.5. The predicted octanol–water partition coefficient (Wildman–Crippen LogP) is 4.18. The lowest BCUT2D eigenvalue weighted by Crippen LogP contribution is -2.27. The number of rotatable bonds is 6. The molecule has 0 saturated heterocycles. The van der Waals surface area contributed by atoms with Gasteiger partial charge in [-0.1, -0.05) is 67.2 Å². The van der Waals surface area contributed by atoms with E-state index in [2.05, 4.69) is 45.0 Å². The van der Waals surface area contributed by atoms with Gasteiger partial charge in [0.15, 0.2) is 0 Å². The van der Waals surface area contributed by atoms with Gasteiger partial charge in [0.25, 0.3) is 0 Å². The minimum absolute atomic E-state index is 0.216. The molecule has 0 bridgehead atoms. The molecule has 0 atom stereocenters. The molecule has 23 heavy (non-hydrogen) atoms. The highest BCUT2D eigenvalue weighted by atomic mass is 16.1. The summed E-state index contributed by atoms with van der Waals surface area (Å²) < 4.78 is 0. The first-order chi connectivity index (χ1) is 11.0. The van der Waals surface area contributed by atoms with Gasteiger partial charge in [0.1, 0.15) is 0 Å². The van der Waals surface area contributed by atoms with Crippen LogP contribution in [0.1, 0.15) is 86.5 Å². The van der Waals surface area contributed by atoms with Gasteiger partial charge >= 0.3 is 0 Å². The normalized spacial score (nSPS) is 13.7. The topological polar surface area (TPSA) is 58.4 Å². The van der Waals surface area contributed by atoms with Crippen molar-refractivity contribution in [3.63, 3.8) is 0 Å². The number of nitrogens with zero attached hydrogens (tertiary/aromatic N) is 1. The van der Waals surface area contributed by atoms with Crippen LogP contribution in [-0.4, -0.2) is 43.5 Å². The average molecular weight is 332 g/mol. The first kappa shape index (κ1) is 27.2. The molecule has 1 amide bonds. The highest BCUT2D eigenvalue weighted by Gasteiger charge is 2.09. The van der Waals surface area contributed by atoms with E-state index >= 15 is 0 Å². The molecular weight excluding hydrogens is 286 g/mol. The standard InChI is InChI=1S/C7H16N2O.C7H15N.C3H8.C2H6/c1-3-9(4-2)6-5-7(8)10;1-8-7-5-3-2-4-6-7;1-3-2;1-2/h3-6H2,1-2H3,(H2,8,10);7-8H,2-6H2,1H3;3H2,1-2H3;1-2H3. The Hall–Kier alpha value is -0.610. The maximum Gasteiger partial charge on any atom is 0.218 e. The van der Waals surface area contributed by atoms with Crippen molar-refractivity contribution in [3.8, 4) is 0 Å². The van der Waals surface area contributed by atoms with Gasteiger partial charge in [0.2, 0.25) is 5.91 Å². The first-order valence-electron chi connectivity index (χ1n) is 9.73. The fourth-order valence-corrected chi connectivity index (χ4v) is 2.20. The molecule has 1 aliphatic rings. The van der Waals surface area contributed by atoms with E-state index in [-0.39, 0.29) is 5.91 Å². The zero-order valence-corrected chi connectivity index (χ0v) is 17.1. The van der Waals surface area contributed by atoms with Crippen LogP contribution < -0.4 is 11.1 Å². The van der Waals surface area contributed by atoms with E-state index in [0.717, 1.165) is 25.7 Å². The Balaban J connectivity index is -0.000000275. The average Bonchev–Trinajstić information content (AvgIpc) is 2.59. The third-order valence-electron chi connectivity index (χ3n) is 3.58. The van der Waals surface area contributed by atoms with Crippen LogP contribution in [0.15, 0.2) is 0 Å². The van der Waals surface area contributed by atoms with Gasteiger partial charge in [-0.15, -0.1) is 0 Å². The van der Waals surface area contributed by atoms with Crippen LogP contribution in [0, 0.1) is 0 Å². The predicted molar refractivity (Wildman–Crippen MR) is 105 cm³/mol. The van der Waals surface area contributed by atoms with Crippen LogP contribution in [-0.2, 0) is 4.79 Å². The number of nitrogens with two attached hydrogens (primary N) is 1. The second-order valence-corrected chi connectivity index (χ2v) is 5.57. The number of hydrogen-bond donors (Lipinski definition) is 2. The molecule has 1 saturated carbocycles. The molecule has 0 aromatic carbocycles. The summed E-state index contributed by atoms with van der Waals surface area (Å²) in [5.41, 5.74) is 4.98. The lowest BCUT2D eigenvalue weighted by molar-refractivity contribution is -0.118. The largest absolute Gasteiger partial charge is 0.370 e. The SMILES string of the molecule is CC.CCC.CCN(CC)CCC(N)=O.CNC1CCCCC1. The molecule has 0 aromatic heterocycles. The van der Waals surface area contributed by atoms with Crippen LogP contribution in [0.2, 0.25) is 0 Å². The first-order valence-corrected chi connectivity index (χ1v) is 9.73. The molecule has 1 fully saturated rings. The fraction of sp³-hybridized carbons (Fsp3) is 0.947. The molecule has 0 radical (unpaired) electrons. The zero-order chi connectivity index (χ0) is 18.5. The van der Waals surface area contributed by atoms with Crippen molar-refractivity contribution in [2.45, 2.75) is 92.5 Å². The Bertz CT molecular complexity index is 213. The molecule has 0 aliphatic heterocycles. The lowest BCUT2D eigenvalue weighted by Gasteiger charge is -2.20. The van der Waals surface area contributed by atoms with E-state index in [1.807, 2.05) is 13.8 Å². The molecule has 4 nitrogen and oxygen atoms in total. The van der Waals surface area contributed by atoms with Crippen LogP contribution in [0.3, 0.4) is 0 Å². The molecule has 4 heteroatoms. The summed E-state index contributed by atoms with van der Waals surface area (Å²) in [5, 5.41) is 3.30.